The van der Waals surface area contributed by atoms with E-state index in [9.17, 15) is 0 Å². The molecule has 3 rings (SSSR count). The normalized spacial score (nSPS) is 25.4. The van der Waals surface area contributed by atoms with E-state index in [1.807, 2.05) is 18.2 Å². The molecule has 84 valence electrons. The zero-order chi connectivity index (χ0) is 11.2. The second kappa shape index (κ2) is 3.67. The number of fused-ring (bicyclic) bond motifs is 1. The molecular weight excluding hydrogens is 244 g/mol. The Morgan fingerprint density at radius 3 is 3.06 bits per heavy atom. The Morgan fingerprint density at radius 1 is 1.50 bits per heavy atom. The Labute approximate surface area is 102 Å². The molecule has 1 aliphatic rings. The van der Waals surface area contributed by atoms with Crippen LogP contribution in [0, 0.1) is 0 Å². The van der Waals surface area contributed by atoms with Crippen LogP contribution in [0.3, 0.4) is 0 Å². The van der Waals surface area contributed by atoms with E-state index in [0.717, 1.165) is 26.7 Å². The average Bonchev–Trinajstić information content (AvgIpc) is 2.85. The van der Waals surface area contributed by atoms with Gasteiger partial charge in [-0.2, -0.15) is 0 Å². The number of aromatic nitrogens is 1. The van der Waals surface area contributed by atoms with Crippen LogP contribution in [-0.4, -0.2) is 18.2 Å². The Bertz CT molecular complexity index is 534. The molecule has 0 radical (unpaired) electrons. The minimum atomic E-state index is -0.424. The predicted molar refractivity (Wildman–Crippen MR) is 65.9 cm³/mol. The van der Waals surface area contributed by atoms with Gasteiger partial charge in [0, 0.05) is 6.61 Å². The molecule has 1 aromatic heterocycles. The number of ether oxygens (including phenoxy) is 1. The van der Waals surface area contributed by atoms with Gasteiger partial charge in [0.25, 0.3) is 0 Å². The standard InChI is InChI=1S/C11H11ClN2OS/c12-7-2-1-3-8-9(7)16-10(14-8)11(13)4-5-15-6-11/h1-3H,4-6,13H2. The highest BCUT2D eigenvalue weighted by Crippen LogP contribution is 2.36. The molecule has 0 spiro atoms. The summed E-state index contributed by atoms with van der Waals surface area (Å²) >= 11 is 7.69. The third-order valence-corrected chi connectivity index (χ3v) is 4.60. The van der Waals surface area contributed by atoms with Crippen LogP contribution in [0.5, 0.6) is 0 Å². The van der Waals surface area contributed by atoms with Crippen LogP contribution < -0.4 is 5.73 Å². The highest BCUT2D eigenvalue weighted by Gasteiger charge is 2.35. The zero-order valence-electron chi connectivity index (χ0n) is 8.57. The van der Waals surface area contributed by atoms with Gasteiger partial charge in [-0.3, -0.25) is 0 Å². The fraction of sp³-hybridized carbons (Fsp3) is 0.364. The van der Waals surface area contributed by atoms with E-state index in [4.69, 9.17) is 22.1 Å². The zero-order valence-corrected chi connectivity index (χ0v) is 10.1. The summed E-state index contributed by atoms with van der Waals surface area (Å²) in [6.07, 6.45) is 0.824. The number of rotatable bonds is 1. The van der Waals surface area contributed by atoms with Crippen molar-refractivity contribution in [1.82, 2.24) is 4.98 Å². The van der Waals surface area contributed by atoms with Gasteiger partial charge >= 0.3 is 0 Å². The Balaban J connectivity index is 2.15. The molecule has 5 heteroatoms. The summed E-state index contributed by atoms with van der Waals surface area (Å²) in [6, 6.07) is 5.74. The van der Waals surface area contributed by atoms with Gasteiger partial charge in [-0.15, -0.1) is 11.3 Å². The van der Waals surface area contributed by atoms with Crippen molar-refractivity contribution >= 4 is 33.2 Å². The number of hydrogen-bond acceptors (Lipinski definition) is 4. The molecule has 3 nitrogen and oxygen atoms in total. The van der Waals surface area contributed by atoms with Crippen LogP contribution in [0.25, 0.3) is 10.2 Å². The van der Waals surface area contributed by atoms with Gasteiger partial charge in [0.15, 0.2) is 0 Å². The number of benzene rings is 1. The van der Waals surface area contributed by atoms with E-state index in [1.165, 1.54) is 0 Å². The van der Waals surface area contributed by atoms with Crippen molar-refractivity contribution in [2.24, 2.45) is 5.73 Å². The van der Waals surface area contributed by atoms with E-state index in [1.54, 1.807) is 11.3 Å². The maximum absolute atomic E-state index is 6.27. The molecule has 0 amide bonds. The lowest BCUT2D eigenvalue weighted by atomic mass is 10.0. The lowest BCUT2D eigenvalue weighted by Crippen LogP contribution is -2.36. The van der Waals surface area contributed by atoms with E-state index in [-0.39, 0.29) is 0 Å². The van der Waals surface area contributed by atoms with Crippen molar-refractivity contribution < 1.29 is 4.74 Å². The molecular formula is C11H11ClN2OS. The number of halogens is 1. The molecule has 1 aliphatic heterocycles. The van der Waals surface area contributed by atoms with Crippen LogP contribution in [0.1, 0.15) is 11.4 Å². The summed E-state index contributed by atoms with van der Waals surface area (Å²) in [5.74, 6) is 0. The van der Waals surface area contributed by atoms with Crippen LogP contribution in [-0.2, 0) is 10.3 Å². The van der Waals surface area contributed by atoms with Gasteiger partial charge in [0.05, 0.1) is 27.4 Å². The molecule has 1 fully saturated rings. The SMILES string of the molecule is NC1(c2nc3cccc(Cl)c3s2)CCOC1. The smallest absolute Gasteiger partial charge is 0.116 e. The van der Waals surface area contributed by atoms with E-state index < -0.39 is 5.54 Å². The number of nitrogens with two attached hydrogens (primary N) is 1. The lowest BCUT2D eigenvalue weighted by Gasteiger charge is -2.17. The number of hydrogen-bond donors (Lipinski definition) is 1. The second-order valence-electron chi connectivity index (χ2n) is 4.07. The first-order valence-electron chi connectivity index (χ1n) is 5.11. The first-order valence-corrected chi connectivity index (χ1v) is 6.31. The molecule has 1 aromatic carbocycles. The fourth-order valence-corrected chi connectivity index (χ4v) is 3.25. The molecule has 1 saturated heterocycles. The van der Waals surface area contributed by atoms with Crippen molar-refractivity contribution in [2.75, 3.05) is 13.2 Å². The van der Waals surface area contributed by atoms with Gasteiger partial charge in [-0.25, -0.2) is 4.98 Å². The second-order valence-corrected chi connectivity index (χ2v) is 5.47. The monoisotopic (exact) mass is 254 g/mol. The van der Waals surface area contributed by atoms with Crippen LogP contribution in [0.4, 0.5) is 0 Å². The molecule has 1 unspecified atom stereocenters. The molecule has 16 heavy (non-hydrogen) atoms. The summed E-state index contributed by atoms with van der Waals surface area (Å²) in [5.41, 5.74) is 6.77. The summed E-state index contributed by atoms with van der Waals surface area (Å²) < 4.78 is 6.36. The summed E-state index contributed by atoms with van der Waals surface area (Å²) in [5, 5.41) is 1.66. The van der Waals surface area contributed by atoms with Gasteiger partial charge in [0.1, 0.15) is 5.01 Å². The molecule has 0 aliphatic carbocycles. The largest absolute Gasteiger partial charge is 0.379 e. The number of nitrogens with zero attached hydrogens (tertiary/aromatic N) is 1. The fourth-order valence-electron chi connectivity index (χ4n) is 1.88. The predicted octanol–water partition coefficient (Wildman–Crippen LogP) is 2.52. The third kappa shape index (κ3) is 1.53. The quantitative estimate of drug-likeness (QED) is 0.851. The Hall–Kier alpha value is -0.680. The van der Waals surface area contributed by atoms with Crippen molar-refractivity contribution in [3.63, 3.8) is 0 Å². The maximum Gasteiger partial charge on any atom is 0.116 e. The van der Waals surface area contributed by atoms with E-state index in [0.29, 0.717) is 13.2 Å². The van der Waals surface area contributed by atoms with Crippen molar-refractivity contribution in [3.05, 3.63) is 28.2 Å². The van der Waals surface area contributed by atoms with Gasteiger partial charge in [-0.05, 0) is 18.6 Å². The molecule has 2 aromatic rings. The Kier molecular flexibility index (Phi) is 2.40. The molecule has 1 atom stereocenters. The van der Waals surface area contributed by atoms with Crippen molar-refractivity contribution in [3.8, 4) is 0 Å². The van der Waals surface area contributed by atoms with Crippen LogP contribution in [0.2, 0.25) is 5.02 Å². The van der Waals surface area contributed by atoms with E-state index in [2.05, 4.69) is 4.98 Å². The first-order chi connectivity index (χ1) is 7.69. The highest BCUT2D eigenvalue weighted by atomic mass is 35.5. The highest BCUT2D eigenvalue weighted by molar-refractivity contribution is 7.19. The molecule has 2 heterocycles. The summed E-state index contributed by atoms with van der Waals surface area (Å²) in [7, 11) is 0. The van der Waals surface area contributed by atoms with Crippen molar-refractivity contribution in [1.29, 1.82) is 0 Å². The minimum Gasteiger partial charge on any atom is -0.379 e. The van der Waals surface area contributed by atoms with Gasteiger partial charge in [-0.1, -0.05) is 17.7 Å². The van der Waals surface area contributed by atoms with E-state index >= 15 is 0 Å². The summed E-state index contributed by atoms with van der Waals surface area (Å²) in [6.45, 7) is 1.25. The first kappa shape index (κ1) is 10.5. The minimum absolute atomic E-state index is 0.424. The molecule has 0 bridgehead atoms. The van der Waals surface area contributed by atoms with Gasteiger partial charge < -0.3 is 10.5 Å². The third-order valence-electron chi connectivity index (χ3n) is 2.85. The number of thiazole rings is 1. The van der Waals surface area contributed by atoms with Gasteiger partial charge in [0.2, 0.25) is 0 Å². The topological polar surface area (TPSA) is 48.1 Å². The van der Waals surface area contributed by atoms with Crippen LogP contribution >= 0.6 is 22.9 Å². The maximum atomic E-state index is 6.27. The molecule has 2 N–H and O–H groups in total. The van der Waals surface area contributed by atoms with Crippen LogP contribution in [0.15, 0.2) is 18.2 Å². The lowest BCUT2D eigenvalue weighted by molar-refractivity contribution is 0.178. The Morgan fingerprint density at radius 2 is 2.38 bits per heavy atom. The molecule has 0 saturated carbocycles. The summed E-state index contributed by atoms with van der Waals surface area (Å²) in [4.78, 5) is 4.56. The average molecular weight is 255 g/mol. The van der Waals surface area contributed by atoms with Crippen molar-refractivity contribution in [2.45, 2.75) is 12.0 Å².